The number of aromatic nitrogens is 1. The standard InChI is InChI=1S/C13H18N4O2S/c1-20(18,19)17-7-2-6-16-12-4-3-10-9-15-8-5-11(10)13(12)14/h3-5,8-9,16-17H,2,6-7,14H2,1H3. The molecule has 1 heterocycles. The normalized spacial score (nSPS) is 11.7. The third-order valence-electron chi connectivity index (χ3n) is 2.90. The van der Waals surface area contributed by atoms with E-state index in [0.29, 0.717) is 25.2 Å². The van der Waals surface area contributed by atoms with Gasteiger partial charge in [0.1, 0.15) is 0 Å². The molecule has 0 amide bonds. The highest BCUT2D eigenvalue weighted by Crippen LogP contribution is 2.27. The van der Waals surface area contributed by atoms with Crippen LogP contribution < -0.4 is 15.8 Å². The number of fused-ring (bicyclic) bond motifs is 1. The van der Waals surface area contributed by atoms with Crippen molar-refractivity contribution in [3.05, 3.63) is 30.6 Å². The molecule has 0 bridgehead atoms. The highest BCUT2D eigenvalue weighted by Gasteiger charge is 2.04. The number of pyridine rings is 1. The molecule has 6 nitrogen and oxygen atoms in total. The summed E-state index contributed by atoms with van der Waals surface area (Å²) in [6.45, 7) is 1.05. The summed E-state index contributed by atoms with van der Waals surface area (Å²) < 4.78 is 24.3. The van der Waals surface area contributed by atoms with E-state index in [-0.39, 0.29) is 0 Å². The van der Waals surface area contributed by atoms with E-state index in [1.807, 2.05) is 18.2 Å². The molecular weight excluding hydrogens is 276 g/mol. The lowest BCUT2D eigenvalue weighted by Gasteiger charge is -2.11. The molecule has 20 heavy (non-hydrogen) atoms. The second-order valence-electron chi connectivity index (χ2n) is 4.57. The minimum absolute atomic E-state index is 0.406. The Bertz CT molecular complexity index is 701. The summed E-state index contributed by atoms with van der Waals surface area (Å²) in [5.41, 5.74) is 7.63. The van der Waals surface area contributed by atoms with Crippen LogP contribution in [0.4, 0.5) is 11.4 Å². The quantitative estimate of drug-likeness (QED) is 0.549. The molecule has 2 rings (SSSR count). The number of nitrogens with one attached hydrogen (secondary N) is 2. The monoisotopic (exact) mass is 294 g/mol. The first-order valence-electron chi connectivity index (χ1n) is 6.28. The molecule has 0 saturated heterocycles. The van der Waals surface area contributed by atoms with Gasteiger partial charge in [0.25, 0.3) is 0 Å². The summed E-state index contributed by atoms with van der Waals surface area (Å²) in [7, 11) is -3.12. The van der Waals surface area contributed by atoms with Crippen LogP contribution in [0, 0.1) is 0 Å². The summed E-state index contributed by atoms with van der Waals surface area (Å²) in [6.07, 6.45) is 5.31. The number of nitrogens with zero attached hydrogens (tertiary/aromatic N) is 1. The van der Waals surface area contributed by atoms with Gasteiger partial charge in [-0.1, -0.05) is 6.07 Å². The smallest absolute Gasteiger partial charge is 0.208 e. The van der Waals surface area contributed by atoms with Gasteiger partial charge in [-0.05, 0) is 18.6 Å². The van der Waals surface area contributed by atoms with E-state index in [9.17, 15) is 8.42 Å². The Morgan fingerprint density at radius 1 is 1.25 bits per heavy atom. The van der Waals surface area contributed by atoms with Crippen molar-refractivity contribution in [2.45, 2.75) is 6.42 Å². The van der Waals surface area contributed by atoms with Crippen molar-refractivity contribution in [3.63, 3.8) is 0 Å². The molecule has 0 radical (unpaired) electrons. The summed E-state index contributed by atoms with van der Waals surface area (Å²) in [4.78, 5) is 4.05. The van der Waals surface area contributed by atoms with Crippen LogP contribution in [0.5, 0.6) is 0 Å². The predicted molar refractivity (Wildman–Crippen MR) is 82.1 cm³/mol. The molecule has 0 spiro atoms. The van der Waals surface area contributed by atoms with Crippen molar-refractivity contribution in [2.24, 2.45) is 0 Å². The number of rotatable bonds is 6. The highest BCUT2D eigenvalue weighted by molar-refractivity contribution is 7.88. The molecular formula is C13H18N4O2S. The first-order valence-corrected chi connectivity index (χ1v) is 8.17. The Balaban J connectivity index is 1.95. The molecule has 0 aliphatic carbocycles. The zero-order valence-corrected chi connectivity index (χ0v) is 12.1. The molecule has 0 aliphatic heterocycles. The third-order valence-corrected chi connectivity index (χ3v) is 3.62. The fourth-order valence-electron chi connectivity index (χ4n) is 1.92. The van der Waals surface area contributed by atoms with Gasteiger partial charge in [0, 0.05) is 36.3 Å². The second-order valence-corrected chi connectivity index (χ2v) is 6.40. The average Bonchev–Trinajstić information content (AvgIpc) is 2.40. The van der Waals surface area contributed by atoms with Crippen LogP contribution in [0.3, 0.4) is 0 Å². The number of benzene rings is 1. The van der Waals surface area contributed by atoms with Crippen LogP contribution in [-0.4, -0.2) is 32.7 Å². The van der Waals surface area contributed by atoms with Crippen LogP contribution >= 0.6 is 0 Å². The average molecular weight is 294 g/mol. The van der Waals surface area contributed by atoms with Crippen LogP contribution in [0.25, 0.3) is 10.8 Å². The minimum atomic E-state index is -3.12. The summed E-state index contributed by atoms with van der Waals surface area (Å²) in [5, 5.41) is 5.16. The largest absolute Gasteiger partial charge is 0.397 e. The van der Waals surface area contributed by atoms with Gasteiger partial charge in [0.15, 0.2) is 0 Å². The second kappa shape index (κ2) is 6.06. The highest BCUT2D eigenvalue weighted by atomic mass is 32.2. The molecule has 0 aliphatic rings. The van der Waals surface area contributed by atoms with Gasteiger partial charge in [-0.3, -0.25) is 4.98 Å². The SMILES string of the molecule is CS(=O)(=O)NCCCNc1ccc2cnccc2c1N. The van der Waals surface area contributed by atoms with E-state index >= 15 is 0 Å². The van der Waals surface area contributed by atoms with Crippen molar-refractivity contribution in [1.82, 2.24) is 9.71 Å². The molecule has 1 aromatic heterocycles. The molecule has 4 N–H and O–H groups in total. The van der Waals surface area contributed by atoms with E-state index in [2.05, 4.69) is 15.0 Å². The summed E-state index contributed by atoms with van der Waals surface area (Å²) in [6, 6.07) is 5.74. The topological polar surface area (TPSA) is 97.1 Å². The maximum Gasteiger partial charge on any atom is 0.208 e. The molecule has 0 atom stereocenters. The van der Waals surface area contributed by atoms with Gasteiger partial charge in [-0.15, -0.1) is 0 Å². The van der Waals surface area contributed by atoms with Gasteiger partial charge in [0.2, 0.25) is 10.0 Å². The van der Waals surface area contributed by atoms with Crippen LogP contribution in [0.15, 0.2) is 30.6 Å². The van der Waals surface area contributed by atoms with Crippen molar-refractivity contribution in [1.29, 1.82) is 0 Å². The van der Waals surface area contributed by atoms with Gasteiger partial charge < -0.3 is 11.1 Å². The van der Waals surface area contributed by atoms with Crippen LogP contribution in [0.2, 0.25) is 0 Å². The van der Waals surface area contributed by atoms with Crippen LogP contribution in [-0.2, 0) is 10.0 Å². The number of nitrogens with two attached hydrogens (primary N) is 1. The van der Waals surface area contributed by atoms with Crippen molar-refractivity contribution < 1.29 is 8.42 Å². The molecule has 0 unspecified atom stereocenters. The maximum absolute atomic E-state index is 10.9. The Morgan fingerprint density at radius 2 is 2.05 bits per heavy atom. The fourth-order valence-corrected chi connectivity index (χ4v) is 2.43. The summed E-state index contributed by atoms with van der Waals surface area (Å²) in [5.74, 6) is 0. The fraction of sp³-hybridized carbons (Fsp3) is 0.308. The molecule has 108 valence electrons. The van der Waals surface area contributed by atoms with Gasteiger partial charge in [-0.2, -0.15) is 0 Å². The lowest BCUT2D eigenvalue weighted by molar-refractivity contribution is 0.586. The maximum atomic E-state index is 10.9. The number of anilines is 2. The van der Waals surface area contributed by atoms with Crippen molar-refractivity contribution >= 4 is 32.2 Å². The molecule has 7 heteroatoms. The Hall–Kier alpha value is -1.86. The lowest BCUT2D eigenvalue weighted by atomic mass is 10.1. The molecule has 0 saturated carbocycles. The number of hydrogen-bond acceptors (Lipinski definition) is 5. The van der Waals surface area contributed by atoms with Crippen LogP contribution in [0.1, 0.15) is 6.42 Å². The third kappa shape index (κ3) is 3.82. The van der Waals surface area contributed by atoms with Crippen molar-refractivity contribution in [3.8, 4) is 0 Å². The zero-order valence-electron chi connectivity index (χ0n) is 11.3. The first kappa shape index (κ1) is 14.5. The molecule has 1 aromatic carbocycles. The summed E-state index contributed by atoms with van der Waals surface area (Å²) >= 11 is 0. The Kier molecular flexibility index (Phi) is 4.41. The minimum Gasteiger partial charge on any atom is -0.397 e. The molecule has 0 fully saturated rings. The number of nitrogen functional groups attached to an aromatic ring is 1. The Labute approximate surface area is 118 Å². The van der Waals surface area contributed by atoms with E-state index in [1.165, 1.54) is 0 Å². The first-order chi connectivity index (χ1) is 9.47. The van der Waals surface area contributed by atoms with Gasteiger partial charge in [-0.25, -0.2) is 13.1 Å². The van der Waals surface area contributed by atoms with Crippen molar-refractivity contribution in [2.75, 3.05) is 30.4 Å². The molecule has 2 aromatic rings. The Morgan fingerprint density at radius 3 is 2.80 bits per heavy atom. The van der Waals surface area contributed by atoms with Gasteiger partial charge >= 0.3 is 0 Å². The van der Waals surface area contributed by atoms with E-state index in [1.54, 1.807) is 12.4 Å². The van der Waals surface area contributed by atoms with Gasteiger partial charge in [0.05, 0.1) is 17.6 Å². The van der Waals surface area contributed by atoms with E-state index in [4.69, 9.17) is 5.73 Å². The lowest BCUT2D eigenvalue weighted by Crippen LogP contribution is -2.24. The number of hydrogen-bond donors (Lipinski definition) is 3. The van der Waals surface area contributed by atoms with E-state index in [0.717, 1.165) is 22.7 Å². The predicted octanol–water partition coefficient (Wildman–Crippen LogP) is 1.17. The van der Waals surface area contributed by atoms with E-state index < -0.39 is 10.0 Å². The zero-order chi connectivity index (χ0) is 14.6. The number of sulfonamides is 1.